The molecule has 1 atom stereocenters. The van der Waals surface area contributed by atoms with Gasteiger partial charge in [-0.2, -0.15) is 0 Å². The topological polar surface area (TPSA) is 69.6 Å². The van der Waals surface area contributed by atoms with Crippen LogP contribution in [0.3, 0.4) is 0 Å². The third-order valence-corrected chi connectivity index (χ3v) is 6.82. The number of thioether (sulfide) groups is 1. The molecule has 0 aliphatic heterocycles. The van der Waals surface area contributed by atoms with Crippen LogP contribution in [0.5, 0.6) is 0 Å². The lowest BCUT2D eigenvalue weighted by Crippen LogP contribution is -2.04. The molecule has 3 aromatic heterocycles. The van der Waals surface area contributed by atoms with Gasteiger partial charge in [0.2, 0.25) is 11.8 Å². The van der Waals surface area contributed by atoms with E-state index in [1.165, 1.54) is 23.3 Å². The molecule has 0 saturated heterocycles. The molecule has 1 unspecified atom stereocenters. The van der Waals surface area contributed by atoms with Crippen molar-refractivity contribution in [2.24, 2.45) is 0 Å². The van der Waals surface area contributed by atoms with Crippen molar-refractivity contribution in [1.29, 1.82) is 0 Å². The van der Waals surface area contributed by atoms with Crippen molar-refractivity contribution in [3.05, 3.63) is 63.9 Å². The summed E-state index contributed by atoms with van der Waals surface area (Å²) in [6.45, 7) is 4.13. The Labute approximate surface area is 177 Å². The summed E-state index contributed by atoms with van der Waals surface area (Å²) in [5.74, 6) is 2.20. The summed E-state index contributed by atoms with van der Waals surface area (Å²) in [5.41, 5.74) is 2.11. The summed E-state index contributed by atoms with van der Waals surface area (Å²) in [7, 11) is 0. The minimum Gasteiger partial charge on any atom is -0.419 e. The normalized spacial score (nSPS) is 15.0. The first-order valence-electron chi connectivity index (χ1n) is 9.70. The molecule has 4 aromatic rings. The lowest BCUT2D eigenvalue weighted by Gasteiger charge is -2.10. The van der Waals surface area contributed by atoms with Crippen LogP contribution >= 0.6 is 23.1 Å². The minimum atomic E-state index is -0.00246. The van der Waals surface area contributed by atoms with Gasteiger partial charge in [-0.1, -0.05) is 35.5 Å². The zero-order chi connectivity index (χ0) is 19.8. The molecule has 1 aliphatic rings. The largest absolute Gasteiger partial charge is 0.419 e. The van der Waals surface area contributed by atoms with Gasteiger partial charge in [-0.05, 0) is 50.3 Å². The lowest BCUT2D eigenvalue weighted by atomic mass is 10.1. The molecular formula is C21H21N5OS2. The van der Waals surface area contributed by atoms with E-state index < -0.39 is 0 Å². The second-order valence-corrected chi connectivity index (χ2v) is 9.67. The molecule has 0 spiro atoms. The Bertz CT molecular complexity index is 1110. The van der Waals surface area contributed by atoms with Gasteiger partial charge in [-0.15, -0.1) is 31.7 Å². The highest BCUT2D eigenvalue weighted by atomic mass is 32.2. The van der Waals surface area contributed by atoms with Gasteiger partial charge < -0.3 is 8.98 Å². The van der Waals surface area contributed by atoms with Gasteiger partial charge in [0.05, 0.1) is 5.25 Å². The summed E-state index contributed by atoms with van der Waals surface area (Å²) in [4.78, 5) is 1.31. The predicted octanol–water partition coefficient (Wildman–Crippen LogP) is 5.48. The Kier molecular flexibility index (Phi) is 4.97. The van der Waals surface area contributed by atoms with Gasteiger partial charge in [0.25, 0.3) is 0 Å². The SMILES string of the molecule is Cc1cccc(-c2nnc(C(C)Sc3nnc(Cc4cccs4)n3C3CC3)o2)c1. The van der Waals surface area contributed by atoms with Crippen LogP contribution in [0, 0.1) is 6.92 Å². The molecule has 0 radical (unpaired) electrons. The van der Waals surface area contributed by atoms with Crippen molar-refractivity contribution in [1.82, 2.24) is 25.0 Å². The van der Waals surface area contributed by atoms with Crippen molar-refractivity contribution in [3.8, 4) is 11.5 Å². The number of aromatic nitrogens is 5. The summed E-state index contributed by atoms with van der Waals surface area (Å²) < 4.78 is 8.27. The van der Waals surface area contributed by atoms with E-state index in [-0.39, 0.29) is 5.25 Å². The minimum absolute atomic E-state index is 0.00246. The zero-order valence-corrected chi connectivity index (χ0v) is 17.9. The molecule has 29 heavy (non-hydrogen) atoms. The molecule has 5 rings (SSSR count). The molecule has 0 bridgehead atoms. The highest BCUT2D eigenvalue weighted by Crippen LogP contribution is 2.42. The molecule has 8 heteroatoms. The Morgan fingerprint density at radius 3 is 2.83 bits per heavy atom. The number of benzene rings is 1. The van der Waals surface area contributed by atoms with Crippen molar-refractivity contribution in [2.45, 2.75) is 49.6 Å². The Hall–Kier alpha value is -2.45. The monoisotopic (exact) mass is 423 g/mol. The van der Waals surface area contributed by atoms with Crippen LogP contribution in [0.4, 0.5) is 0 Å². The van der Waals surface area contributed by atoms with Crippen molar-refractivity contribution in [2.75, 3.05) is 0 Å². The lowest BCUT2D eigenvalue weighted by molar-refractivity contribution is 0.508. The van der Waals surface area contributed by atoms with Gasteiger partial charge >= 0.3 is 0 Å². The maximum absolute atomic E-state index is 5.97. The van der Waals surface area contributed by atoms with E-state index in [0.717, 1.165) is 23.0 Å². The standard InChI is InChI=1S/C21H21N5OS2/c1-13-5-3-6-15(11-13)20-24-23-19(27-20)14(2)29-21-25-22-18(26(21)16-8-9-16)12-17-7-4-10-28-17/h3-7,10-11,14,16H,8-9,12H2,1-2H3. The van der Waals surface area contributed by atoms with Gasteiger partial charge in [0.1, 0.15) is 5.82 Å². The maximum Gasteiger partial charge on any atom is 0.247 e. The highest BCUT2D eigenvalue weighted by Gasteiger charge is 2.31. The second-order valence-electron chi connectivity index (χ2n) is 7.33. The first-order chi connectivity index (χ1) is 14.2. The molecule has 148 valence electrons. The van der Waals surface area contributed by atoms with E-state index in [4.69, 9.17) is 4.42 Å². The summed E-state index contributed by atoms with van der Waals surface area (Å²) in [6.07, 6.45) is 3.21. The van der Waals surface area contributed by atoms with E-state index in [9.17, 15) is 0 Å². The fourth-order valence-corrected chi connectivity index (χ4v) is 4.95. The van der Waals surface area contributed by atoms with Crippen molar-refractivity contribution < 1.29 is 4.42 Å². The fourth-order valence-electron chi connectivity index (χ4n) is 3.28. The zero-order valence-electron chi connectivity index (χ0n) is 16.3. The maximum atomic E-state index is 5.97. The van der Waals surface area contributed by atoms with Crippen LogP contribution in [-0.2, 0) is 6.42 Å². The molecule has 0 N–H and O–H groups in total. The Morgan fingerprint density at radius 1 is 1.17 bits per heavy atom. The number of hydrogen-bond donors (Lipinski definition) is 0. The Morgan fingerprint density at radius 2 is 2.07 bits per heavy atom. The van der Waals surface area contributed by atoms with Crippen LogP contribution in [0.25, 0.3) is 11.5 Å². The summed E-state index contributed by atoms with van der Waals surface area (Å²) in [6, 6.07) is 12.8. The van der Waals surface area contributed by atoms with E-state index in [0.29, 0.717) is 17.8 Å². The highest BCUT2D eigenvalue weighted by molar-refractivity contribution is 7.99. The number of thiophene rings is 1. The first kappa shape index (κ1) is 18.6. The van der Waals surface area contributed by atoms with Gasteiger partial charge in [-0.25, -0.2) is 0 Å². The quantitative estimate of drug-likeness (QED) is 0.367. The average molecular weight is 424 g/mol. The third-order valence-electron chi connectivity index (χ3n) is 4.90. The van der Waals surface area contributed by atoms with Gasteiger partial charge in [0, 0.05) is 22.9 Å². The second kappa shape index (κ2) is 7.76. The third kappa shape index (κ3) is 4.00. The molecule has 1 aromatic carbocycles. The number of aryl methyl sites for hydroxylation is 1. The van der Waals surface area contributed by atoms with Gasteiger partial charge in [0.15, 0.2) is 5.16 Å². The Balaban J connectivity index is 1.36. The fraction of sp³-hybridized carbons (Fsp3) is 0.333. The van der Waals surface area contributed by atoms with Crippen LogP contribution < -0.4 is 0 Å². The smallest absolute Gasteiger partial charge is 0.247 e. The first-order valence-corrected chi connectivity index (χ1v) is 11.5. The van der Waals surface area contributed by atoms with Crippen LogP contribution in [0.1, 0.15) is 53.2 Å². The van der Waals surface area contributed by atoms with E-state index in [2.05, 4.69) is 68.5 Å². The van der Waals surface area contributed by atoms with E-state index in [1.54, 1.807) is 23.1 Å². The molecule has 3 heterocycles. The van der Waals surface area contributed by atoms with E-state index in [1.807, 2.05) is 12.1 Å². The molecule has 1 saturated carbocycles. The number of rotatable bonds is 7. The molecule has 6 nitrogen and oxygen atoms in total. The van der Waals surface area contributed by atoms with Crippen LogP contribution in [-0.4, -0.2) is 25.0 Å². The molecule has 1 fully saturated rings. The van der Waals surface area contributed by atoms with Crippen LogP contribution in [0.15, 0.2) is 51.4 Å². The number of nitrogens with zero attached hydrogens (tertiary/aromatic N) is 5. The van der Waals surface area contributed by atoms with Crippen molar-refractivity contribution in [3.63, 3.8) is 0 Å². The molecular weight excluding hydrogens is 402 g/mol. The predicted molar refractivity (Wildman–Crippen MR) is 114 cm³/mol. The molecule has 1 aliphatic carbocycles. The number of hydrogen-bond acceptors (Lipinski definition) is 7. The molecule has 0 amide bonds. The summed E-state index contributed by atoms with van der Waals surface area (Å²) in [5, 5.41) is 20.5. The van der Waals surface area contributed by atoms with E-state index >= 15 is 0 Å². The van der Waals surface area contributed by atoms with Gasteiger partial charge in [-0.3, -0.25) is 0 Å². The van der Waals surface area contributed by atoms with Crippen LogP contribution in [0.2, 0.25) is 0 Å². The average Bonchev–Trinajstić information content (AvgIpc) is 3.13. The van der Waals surface area contributed by atoms with Crippen molar-refractivity contribution >= 4 is 23.1 Å². The summed E-state index contributed by atoms with van der Waals surface area (Å²) >= 11 is 3.39.